The number of aliphatic hydroxyl groups is 3. The number of esters is 1. The van der Waals surface area contributed by atoms with Crippen molar-refractivity contribution in [1.29, 1.82) is 0 Å². The summed E-state index contributed by atoms with van der Waals surface area (Å²) in [5, 5.41) is 33.2. The minimum atomic E-state index is -1.28. The number of allylic oxidation sites excluding steroid dienone is 3. The highest BCUT2D eigenvalue weighted by Gasteiger charge is 2.49. The molecule has 15 heteroatoms. The highest BCUT2D eigenvalue weighted by atomic mass is 16.7. The maximum Gasteiger partial charge on any atom is 0.308 e. The predicted octanol–water partition coefficient (Wildman–Crippen LogP) is 2.77. The minimum absolute atomic E-state index is 0.0384. The van der Waals surface area contributed by atoms with Crippen LogP contribution in [-0.2, 0) is 52.3 Å². The molecule has 0 aromatic rings. The van der Waals surface area contributed by atoms with E-state index in [0.29, 0.717) is 12.0 Å². The molecule has 4 aliphatic rings. The van der Waals surface area contributed by atoms with Gasteiger partial charge in [0.1, 0.15) is 36.8 Å². The number of likely N-dealkylation sites (N-methyl/N-ethyl adjacent to an activating group) is 1. The first kappa shape index (κ1) is 48.3. The van der Waals surface area contributed by atoms with Crippen LogP contribution in [0.15, 0.2) is 36.0 Å². The van der Waals surface area contributed by atoms with Crippen LogP contribution >= 0.6 is 0 Å². The van der Waals surface area contributed by atoms with E-state index in [4.69, 9.17) is 37.9 Å². The summed E-state index contributed by atoms with van der Waals surface area (Å²) in [5.41, 5.74) is 1.37. The molecule has 0 spiro atoms. The van der Waals surface area contributed by atoms with Crippen LogP contribution in [-0.4, -0.2) is 159 Å². The summed E-state index contributed by atoms with van der Waals surface area (Å²) in [5.74, 6) is -3.56. The number of rotatable bonds is 10. The predicted molar refractivity (Wildman–Crippen MR) is 212 cm³/mol. The van der Waals surface area contributed by atoms with E-state index in [1.54, 1.807) is 38.9 Å². The molecule has 4 aliphatic heterocycles. The van der Waals surface area contributed by atoms with Gasteiger partial charge in [-0.05, 0) is 66.1 Å². The highest BCUT2D eigenvalue weighted by Crippen LogP contribution is 2.39. The average Bonchev–Trinajstić information content (AvgIpc) is 3.22. The van der Waals surface area contributed by atoms with Gasteiger partial charge in [0.15, 0.2) is 18.4 Å². The van der Waals surface area contributed by atoms with E-state index >= 15 is 0 Å². The SMILES string of the molecule is C=C1CO[C@@H]2CC(=O)O[C@H](CC)[C@@H](CO[C@@H]3OC(C)[C@@H](O)[C@H](OC)C3OC)/C=C(C)/C=C/C(=O)[C@H](C)C[C@H](C(C=O)C1)[C@H](O[C@@H]1OC(C)[C@@H](O)C(N(C)C)C1O)[C@H]2C. The van der Waals surface area contributed by atoms with Crippen LogP contribution in [0.2, 0.25) is 0 Å². The van der Waals surface area contributed by atoms with E-state index in [1.807, 2.05) is 33.8 Å². The summed E-state index contributed by atoms with van der Waals surface area (Å²) >= 11 is 0. The molecule has 0 radical (unpaired) electrons. The Morgan fingerprint density at radius 2 is 1.57 bits per heavy atom. The zero-order chi connectivity index (χ0) is 43.0. The first-order chi connectivity index (χ1) is 27.4. The maximum absolute atomic E-state index is 14.1. The number of hydrogen-bond acceptors (Lipinski definition) is 15. The van der Waals surface area contributed by atoms with E-state index in [9.17, 15) is 29.7 Å². The Kier molecular flexibility index (Phi) is 18.2. The van der Waals surface area contributed by atoms with Gasteiger partial charge in [0.2, 0.25) is 0 Å². The van der Waals surface area contributed by atoms with Crippen LogP contribution in [0.25, 0.3) is 0 Å². The Morgan fingerprint density at radius 3 is 2.19 bits per heavy atom. The van der Waals surface area contributed by atoms with Crippen molar-refractivity contribution in [2.75, 3.05) is 41.5 Å². The van der Waals surface area contributed by atoms with E-state index < -0.39 is 115 Å². The summed E-state index contributed by atoms with van der Waals surface area (Å²) < 4.78 is 49.0. The number of nitrogens with zero attached hydrogens (tertiary/aromatic N) is 1. The number of carbonyl (C=O) groups excluding carboxylic acids is 3. The zero-order valence-corrected chi connectivity index (χ0v) is 35.9. The Labute approximate surface area is 344 Å². The van der Waals surface area contributed by atoms with Gasteiger partial charge in [-0.2, -0.15) is 0 Å². The molecular formula is C43H69NO14. The second-order valence-electron chi connectivity index (χ2n) is 16.9. The molecular weight excluding hydrogens is 754 g/mol. The van der Waals surface area contributed by atoms with E-state index in [1.165, 1.54) is 20.3 Å². The van der Waals surface area contributed by atoms with E-state index in [2.05, 4.69) is 6.58 Å². The molecule has 18 atom stereocenters. The third kappa shape index (κ3) is 11.7. The molecule has 58 heavy (non-hydrogen) atoms. The molecule has 330 valence electrons. The van der Waals surface area contributed by atoms with Crippen molar-refractivity contribution in [2.24, 2.45) is 29.6 Å². The molecule has 4 heterocycles. The van der Waals surface area contributed by atoms with Crippen LogP contribution in [0.1, 0.15) is 67.2 Å². The van der Waals surface area contributed by atoms with E-state index in [0.717, 1.165) is 11.9 Å². The van der Waals surface area contributed by atoms with Crippen molar-refractivity contribution in [1.82, 2.24) is 4.90 Å². The molecule has 2 bridgehead atoms. The second kappa shape index (κ2) is 21.9. The number of hydrogen-bond donors (Lipinski definition) is 3. The van der Waals surface area contributed by atoms with Gasteiger partial charge >= 0.3 is 5.97 Å². The van der Waals surface area contributed by atoms with Gasteiger partial charge in [0, 0.05) is 37.9 Å². The number of carbonyl (C=O) groups is 3. The number of cyclic esters (lactones) is 1. The topological polar surface area (TPSA) is 189 Å². The summed E-state index contributed by atoms with van der Waals surface area (Å²) in [6.07, 6.45) is -3.71. The number of aldehydes is 1. The normalized spacial score (nSPS) is 44.1. The molecule has 3 saturated heterocycles. The molecule has 0 aliphatic carbocycles. The van der Waals surface area contributed by atoms with Crippen molar-refractivity contribution in [3.05, 3.63) is 36.0 Å². The number of ketones is 1. The lowest BCUT2D eigenvalue weighted by Crippen LogP contribution is -2.63. The fourth-order valence-corrected chi connectivity index (χ4v) is 8.84. The Bertz CT molecular complexity index is 1440. The molecule has 6 unspecified atom stereocenters. The van der Waals surface area contributed by atoms with Crippen LogP contribution in [0.3, 0.4) is 0 Å². The summed E-state index contributed by atoms with van der Waals surface area (Å²) in [6.45, 7) is 15.1. The first-order valence-electron chi connectivity index (χ1n) is 20.6. The van der Waals surface area contributed by atoms with Gasteiger partial charge in [0.25, 0.3) is 0 Å². The van der Waals surface area contributed by atoms with Gasteiger partial charge in [0.05, 0.1) is 56.2 Å². The van der Waals surface area contributed by atoms with Gasteiger partial charge in [-0.1, -0.05) is 50.6 Å². The van der Waals surface area contributed by atoms with Gasteiger partial charge < -0.3 is 62.9 Å². The Hall–Kier alpha value is -2.41. The third-order valence-corrected chi connectivity index (χ3v) is 12.4. The van der Waals surface area contributed by atoms with Gasteiger partial charge in [-0.25, -0.2) is 0 Å². The lowest BCUT2D eigenvalue weighted by Gasteiger charge is -2.47. The lowest BCUT2D eigenvalue weighted by molar-refractivity contribution is -0.305. The smallest absolute Gasteiger partial charge is 0.308 e. The van der Waals surface area contributed by atoms with Gasteiger partial charge in [-0.3, -0.25) is 9.59 Å². The number of fused-ring (bicyclic) bond motifs is 3. The van der Waals surface area contributed by atoms with Crippen LogP contribution in [0, 0.1) is 29.6 Å². The number of methoxy groups -OCH3 is 2. The van der Waals surface area contributed by atoms with Crippen LogP contribution in [0.5, 0.6) is 0 Å². The summed E-state index contributed by atoms with van der Waals surface area (Å²) in [4.78, 5) is 42.6. The Balaban J connectivity index is 1.74. The summed E-state index contributed by atoms with van der Waals surface area (Å²) in [6, 6.07) is -0.723. The number of ether oxygens (including phenoxy) is 8. The van der Waals surface area contributed by atoms with Crippen LogP contribution < -0.4 is 0 Å². The van der Waals surface area contributed by atoms with Crippen molar-refractivity contribution < 1.29 is 67.6 Å². The van der Waals surface area contributed by atoms with Crippen molar-refractivity contribution in [2.45, 2.75) is 147 Å². The molecule has 15 nitrogen and oxygen atoms in total. The molecule has 0 aromatic heterocycles. The quantitative estimate of drug-likeness (QED) is 0.166. The zero-order valence-electron chi connectivity index (χ0n) is 35.9. The largest absolute Gasteiger partial charge is 0.462 e. The lowest BCUT2D eigenvalue weighted by atomic mass is 9.73. The molecule has 4 rings (SSSR count). The molecule has 3 fully saturated rings. The third-order valence-electron chi connectivity index (χ3n) is 12.4. The van der Waals surface area contributed by atoms with E-state index in [-0.39, 0.29) is 38.3 Å². The molecule has 3 N–H and O–H groups in total. The highest BCUT2D eigenvalue weighted by molar-refractivity contribution is 5.91. The minimum Gasteiger partial charge on any atom is -0.462 e. The number of aliphatic hydroxyl groups excluding tert-OH is 3. The summed E-state index contributed by atoms with van der Waals surface area (Å²) in [7, 11) is 6.46. The standard InChI is InChI=1S/C43H69NO14/c1-12-32-29(21-54-43-41(52-11)40(51-10)37(49)27(7)56-43)15-22(2)13-14-31(46)24(4)17-30-28(19-45)16-23(3)20-53-33(18-34(47)57-32)25(5)39(30)58-42-38(50)35(44(8)9)36(48)26(6)55-42/h13-15,19,24-30,32-33,35-43,48-50H,3,12,16-18,20-21H2,1-2,4-11H3/b14-13+,22-15+/t24-,25+,26?,27?,28?,29-,30-,32-,33-,35?,36-,37-,38?,39-,40+,41?,42+,43-/m1/s1. The van der Waals surface area contributed by atoms with Crippen molar-refractivity contribution >= 4 is 18.0 Å². The monoisotopic (exact) mass is 823 g/mol. The first-order valence-corrected chi connectivity index (χ1v) is 20.6. The fourth-order valence-electron chi connectivity index (χ4n) is 8.84. The molecule has 0 saturated carbocycles. The average molecular weight is 824 g/mol. The Morgan fingerprint density at radius 1 is 0.914 bits per heavy atom. The van der Waals surface area contributed by atoms with Crippen molar-refractivity contribution in [3.8, 4) is 0 Å². The second-order valence-corrected chi connectivity index (χ2v) is 16.9. The van der Waals surface area contributed by atoms with Crippen LogP contribution in [0.4, 0.5) is 0 Å². The van der Waals surface area contributed by atoms with Gasteiger partial charge in [-0.15, -0.1) is 0 Å². The molecule has 0 aromatic carbocycles. The maximum atomic E-state index is 14.1. The molecule has 0 amide bonds. The fraction of sp³-hybridized carbons (Fsp3) is 0.791. The van der Waals surface area contributed by atoms with Crippen molar-refractivity contribution in [3.63, 3.8) is 0 Å².